The molecule has 0 bridgehead atoms. The van der Waals surface area contributed by atoms with E-state index in [1.807, 2.05) is 0 Å². The Morgan fingerprint density at radius 3 is 2.81 bits per heavy atom. The number of pyridine rings is 1. The lowest BCUT2D eigenvalue weighted by Crippen LogP contribution is -2.47. The van der Waals surface area contributed by atoms with Crippen LogP contribution in [0.15, 0.2) is 12.1 Å². The summed E-state index contributed by atoms with van der Waals surface area (Å²) in [6.07, 6.45) is 2.46. The summed E-state index contributed by atoms with van der Waals surface area (Å²) in [5.74, 6) is 0.0347. The number of nitrogens with zero attached hydrogens (tertiary/aromatic N) is 3. The number of anilines is 1. The second kappa shape index (κ2) is 6.07. The van der Waals surface area contributed by atoms with Gasteiger partial charge in [-0.2, -0.15) is 0 Å². The minimum Gasteiger partial charge on any atom is -0.480 e. The highest BCUT2D eigenvalue weighted by atomic mass is 16.6. The molecule has 2 unspecified atom stereocenters. The molecule has 7 nitrogen and oxygen atoms in total. The number of aromatic nitrogens is 1. The smallest absolute Gasteiger partial charge is 0.326 e. The topological polar surface area (TPSA) is 96.6 Å². The van der Waals surface area contributed by atoms with E-state index >= 15 is 0 Å². The minimum atomic E-state index is -0.869. The molecule has 1 saturated heterocycles. The molecule has 0 amide bonds. The maximum absolute atomic E-state index is 11.5. The van der Waals surface area contributed by atoms with E-state index in [0.717, 1.165) is 12.8 Å². The van der Waals surface area contributed by atoms with Crippen molar-refractivity contribution in [3.05, 3.63) is 27.9 Å². The van der Waals surface area contributed by atoms with E-state index in [2.05, 4.69) is 11.9 Å². The van der Waals surface area contributed by atoms with Crippen LogP contribution in [0.25, 0.3) is 0 Å². The van der Waals surface area contributed by atoms with Crippen molar-refractivity contribution < 1.29 is 14.8 Å². The van der Waals surface area contributed by atoms with Gasteiger partial charge >= 0.3 is 5.97 Å². The van der Waals surface area contributed by atoms with E-state index in [1.165, 1.54) is 12.1 Å². The fraction of sp³-hybridized carbons (Fsp3) is 0.571. The van der Waals surface area contributed by atoms with E-state index in [0.29, 0.717) is 30.4 Å². The monoisotopic (exact) mass is 293 g/mol. The number of carbonyl (C=O) groups is 1. The van der Waals surface area contributed by atoms with Crippen LogP contribution < -0.4 is 4.90 Å². The van der Waals surface area contributed by atoms with E-state index in [1.54, 1.807) is 11.8 Å². The molecule has 0 saturated carbocycles. The van der Waals surface area contributed by atoms with Crippen molar-refractivity contribution in [2.45, 2.75) is 39.2 Å². The number of nitro groups is 1. The molecule has 7 heteroatoms. The standard InChI is InChI=1S/C14H19N3O4/c1-3-10-6-7-16(12(8-10)14(18)19)13-5-4-11(17(20)21)9(2)15-13/h4-5,10,12H,3,6-8H2,1-2H3,(H,18,19). The molecular weight excluding hydrogens is 274 g/mol. The fourth-order valence-electron chi connectivity index (χ4n) is 2.81. The van der Waals surface area contributed by atoms with Crippen molar-refractivity contribution in [3.8, 4) is 0 Å². The van der Waals surface area contributed by atoms with Crippen molar-refractivity contribution in [2.24, 2.45) is 5.92 Å². The highest BCUT2D eigenvalue weighted by Crippen LogP contribution is 2.30. The predicted octanol–water partition coefficient (Wildman–Crippen LogP) is 2.38. The zero-order valence-electron chi connectivity index (χ0n) is 12.2. The lowest BCUT2D eigenvalue weighted by molar-refractivity contribution is -0.385. The van der Waals surface area contributed by atoms with Crippen molar-refractivity contribution in [1.29, 1.82) is 0 Å². The molecule has 0 aromatic carbocycles. The van der Waals surface area contributed by atoms with Crippen LogP contribution in [0.4, 0.5) is 11.5 Å². The number of carboxylic acid groups (broad SMARTS) is 1. The number of hydrogen-bond acceptors (Lipinski definition) is 5. The minimum absolute atomic E-state index is 0.0472. The van der Waals surface area contributed by atoms with E-state index < -0.39 is 16.9 Å². The van der Waals surface area contributed by atoms with E-state index in [9.17, 15) is 20.0 Å². The van der Waals surface area contributed by atoms with Crippen LogP contribution in [-0.4, -0.2) is 33.6 Å². The number of hydrogen-bond donors (Lipinski definition) is 1. The normalized spacial score (nSPS) is 22.1. The number of aliphatic carboxylic acids is 1. The number of carboxylic acids is 1. The molecule has 2 rings (SSSR count). The Morgan fingerprint density at radius 1 is 1.57 bits per heavy atom. The van der Waals surface area contributed by atoms with Crippen molar-refractivity contribution in [2.75, 3.05) is 11.4 Å². The quantitative estimate of drug-likeness (QED) is 0.676. The van der Waals surface area contributed by atoms with Gasteiger partial charge in [-0.3, -0.25) is 10.1 Å². The van der Waals surface area contributed by atoms with E-state index in [-0.39, 0.29) is 5.69 Å². The van der Waals surface area contributed by atoms with Gasteiger partial charge in [0.15, 0.2) is 0 Å². The molecule has 1 fully saturated rings. The second-order valence-corrected chi connectivity index (χ2v) is 5.38. The molecule has 21 heavy (non-hydrogen) atoms. The molecule has 0 spiro atoms. The molecule has 1 aliphatic rings. The summed E-state index contributed by atoms with van der Waals surface area (Å²) in [7, 11) is 0. The Labute approximate surface area is 122 Å². The van der Waals surface area contributed by atoms with Gasteiger partial charge in [-0.1, -0.05) is 13.3 Å². The summed E-state index contributed by atoms with van der Waals surface area (Å²) in [6.45, 7) is 4.24. The number of aryl methyl sites for hydroxylation is 1. The molecule has 114 valence electrons. The van der Waals surface area contributed by atoms with Gasteiger partial charge in [0.05, 0.1) is 4.92 Å². The summed E-state index contributed by atoms with van der Waals surface area (Å²) < 4.78 is 0. The van der Waals surface area contributed by atoms with Gasteiger partial charge in [-0.15, -0.1) is 0 Å². The van der Waals surface area contributed by atoms with Gasteiger partial charge in [0, 0.05) is 12.6 Å². The highest BCUT2D eigenvalue weighted by molar-refractivity contribution is 5.78. The average Bonchev–Trinajstić information content (AvgIpc) is 2.46. The first-order chi connectivity index (χ1) is 9.93. The molecular formula is C14H19N3O4. The molecule has 1 aliphatic heterocycles. The molecule has 0 radical (unpaired) electrons. The van der Waals surface area contributed by atoms with Gasteiger partial charge < -0.3 is 10.0 Å². The Bertz CT molecular complexity index is 561. The summed E-state index contributed by atoms with van der Waals surface area (Å²) in [5.41, 5.74) is 0.258. The van der Waals surface area contributed by atoms with Crippen LogP contribution in [0.3, 0.4) is 0 Å². The van der Waals surface area contributed by atoms with Gasteiger partial charge in [0.25, 0.3) is 5.69 Å². The second-order valence-electron chi connectivity index (χ2n) is 5.38. The Balaban J connectivity index is 2.29. The lowest BCUT2D eigenvalue weighted by Gasteiger charge is -2.37. The third-order valence-corrected chi connectivity index (χ3v) is 4.11. The lowest BCUT2D eigenvalue weighted by atomic mass is 9.89. The molecule has 2 heterocycles. The molecule has 2 atom stereocenters. The van der Waals surface area contributed by atoms with Gasteiger partial charge in [0.2, 0.25) is 0 Å². The first-order valence-corrected chi connectivity index (χ1v) is 7.05. The molecule has 1 aromatic rings. The zero-order chi connectivity index (χ0) is 15.6. The first kappa shape index (κ1) is 15.2. The summed E-state index contributed by atoms with van der Waals surface area (Å²) in [5, 5.41) is 20.2. The molecule has 0 aliphatic carbocycles. The molecule has 1 N–H and O–H groups in total. The van der Waals surface area contributed by atoms with Crippen molar-refractivity contribution >= 4 is 17.5 Å². The van der Waals surface area contributed by atoms with Crippen LogP contribution in [0, 0.1) is 23.0 Å². The fourth-order valence-corrected chi connectivity index (χ4v) is 2.81. The average molecular weight is 293 g/mol. The third kappa shape index (κ3) is 3.12. The Morgan fingerprint density at radius 2 is 2.29 bits per heavy atom. The van der Waals surface area contributed by atoms with Crippen LogP contribution >= 0.6 is 0 Å². The Hall–Kier alpha value is -2.18. The van der Waals surface area contributed by atoms with Crippen molar-refractivity contribution in [3.63, 3.8) is 0 Å². The largest absolute Gasteiger partial charge is 0.480 e. The summed E-state index contributed by atoms with van der Waals surface area (Å²) in [4.78, 5) is 27.8. The summed E-state index contributed by atoms with van der Waals surface area (Å²) >= 11 is 0. The van der Waals surface area contributed by atoms with Gasteiger partial charge in [-0.05, 0) is 31.7 Å². The third-order valence-electron chi connectivity index (χ3n) is 4.11. The van der Waals surface area contributed by atoms with E-state index in [4.69, 9.17) is 0 Å². The highest BCUT2D eigenvalue weighted by Gasteiger charge is 2.33. The Kier molecular flexibility index (Phi) is 4.40. The van der Waals surface area contributed by atoms with Gasteiger partial charge in [-0.25, -0.2) is 9.78 Å². The maximum Gasteiger partial charge on any atom is 0.326 e. The SMILES string of the molecule is CCC1CCN(c2ccc([N+](=O)[O-])c(C)n2)C(C(=O)O)C1. The molecule has 1 aromatic heterocycles. The zero-order valence-corrected chi connectivity index (χ0v) is 12.2. The van der Waals surface area contributed by atoms with Crippen LogP contribution in [0.1, 0.15) is 31.9 Å². The maximum atomic E-state index is 11.5. The number of piperidine rings is 1. The van der Waals surface area contributed by atoms with Crippen LogP contribution in [0.5, 0.6) is 0 Å². The van der Waals surface area contributed by atoms with Crippen molar-refractivity contribution in [1.82, 2.24) is 4.98 Å². The van der Waals surface area contributed by atoms with Crippen LogP contribution in [0.2, 0.25) is 0 Å². The number of rotatable bonds is 4. The first-order valence-electron chi connectivity index (χ1n) is 7.05. The summed E-state index contributed by atoms with van der Waals surface area (Å²) in [6, 6.07) is 2.31. The van der Waals surface area contributed by atoms with Crippen LogP contribution in [-0.2, 0) is 4.79 Å². The predicted molar refractivity (Wildman–Crippen MR) is 77.4 cm³/mol. The van der Waals surface area contributed by atoms with Gasteiger partial charge in [0.1, 0.15) is 17.6 Å².